The third-order valence-corrected chi connectivity index (χ3v) is 5.08. The van der Waals surface area contributed by atoms with Crippen LogP contribution in [0.5, 0.6) is 0 Å². The van der Waals surface area contributed by atoms with Crippen molar-refractivity contribution in [1.29, 1.82) is 0 Å². The highest BCUT2D eigenvalue weighted by molar-refractivity contribution is 5.72. The van der Waals surface area contributed by atoms with Crippen molar-refractivity contribution in [3.8, 4) is 0 Å². The number of carbonyl (C=O) groups excluding carboxylic acids is 1. The van der Waals surface area contributed by atoms with E-state index in [-0.39, 0.29) is 17.3 Å². The molecule has 0 saturated carbocycles. The summed E-state index contributed by atoms with van der Waals surface area (Å²) in [4.78, 5) is 11.6. The molecule has 0 N–H and O–H groups in total. The fourth-order valence-electron chi connectivity index (χ4n) is 3.65. The maximum Gasteiger partial charge on any atom is 0.308 e. The summed E-state index contributed by atoms with van der Waals surface area (Å²) in [5, 5.41) is 0. The Morgan fingerprint density at radius 3 is 2.75 bits per heavy atom. The maximum atomic E-state index is 11.6. The molecule has 0 saturated heterocycles. The van der Waals surface area contributed by atoms with Gasteiger partial charge in [0.05, 0.1) is 13.0 Å². The average molecular weight is 326 g/mol. The minimum absolute atomic E-state index is 0.114. The molecule has 0 bridgehead atoms. The van der Waals surface area contributed by atoms with Gasteiger partial charge in [-0.1, -0.05) is 62.8 Å². The van der Waals surface area contributed by atoms with Gasteiger partial charge in [0.25, 0.3) is 0 Å². The topological polar surface area (TPSA) is 26.3 Å². The van der Waals surface area contributed by atoms with E-state index >= 15 is 0 Å². The number of esters is 1. The summed E-state index contributed by atoms with van der Waals surface area (Å²) >= 11 is 0. The molecule has 2 nitrogen and oxygen atoms in total. The standard InChI is InChI=1S/C22H30O2/c1-16-8-7-13-22(3,4)20(16)12-11-18-9-6-10-19(15-18)14-17(2)21(23)24-5/h6,9-12,15,17H,7-8,13-14H2,1-5H3. The molecule has 1 unspecified atom stereocenters. The number of allylic oxidation sites excluding steroid dienone is 3. The molecule has 1 aromatic rings. The lowest BCUT2D eigenvalue weighted by Gasteiger charge is -2.32. The predicted octanol–water partition coefficient (Wildman–Crippen LogP) is 5.58. The van der Waals surface area contributed by atoms with Crippen molar-refractivity contribution < 1.29 is 9.53 Å². The molecule has 2 rings (SSSR count). The number of benzene rings is 1. The Bertz CT molecular complexity index is 650. The Labute approximate surface area is 146 Å². The molecular formula is C22H30O2. The molecule has 0 spiro atoms. The second-order valence-electron chi connectivity index (χ2n) is 7.64. The van der Waals surface area contributed by atoms with E-state index in [0.717, 1.165) is 0 Å². The Morgan fingerprint density at radius 2 is 2.08 bits per heavy atom. The number of hydrogen-bond acceptors (Lipinski definition) is 2. The fourth-order valence-corrected chi connectivity index (χ4v) is 3.65. The molecule has 1 aromatic carbocycles. The van der Waals surface area contributed by atoms with Gasteiger partial charge in [0.2, 0.25) is 0 Å². The number of methoxy groups -OCH3 is 1. The molecule has 1 atom stereocenters. The van der Waals surface area contributed by atoms with Crippen LogP contribution in [0, 0.1) is 11.3 Å². The van der Waals surface area contributed by atoms with Gasteiger partial charge in [0, 0.05) is 0 Å². The van der Waals surface area contributed by atoms with Crippen LogP contribution in [-0.4, -0.2) is 13.1 Å². The molecule has 1 aliphatic carbocycles. The van der Waals surface area contributed by atoms with E-state index in [1.165, 1.54) is 48.6 Å². The summed E-state index contributed by atoms with van der Waals surface area (Å²) in [6.07, 6.45) is 8.95. The SMILES string of the molecule is COC(=O)C(C)Cc1cccc(C=CC2=C(C)CCCC2(C)C)c1. The lowest BCUT2D eigenvalue weighted by Crippen LogP contribution is -2.18. The lowest BCUT2D eigenvalue weighted by atomic mass is 9.72. The van der Waals surface area contributed by atoms with Gasteiger partial charge >= 0.3 is 5.97 Å². The van der Waals surface area contributed by atoms with E-state index in [9.17, 15) is 4.79 Å². The average Bonchev–Trinajstić information content (AvgIpc) is 2.53. The van der Waals surface area contributed by atoms with Crippen LogP contribution < -0.4 is 0 Å². The van der Waals surface area contributed by atoms with Gasteiger partial charge in [-0.15, -0.1) is 0 Å². The fraction of sp³-hybridized carbons (Fsp3) is 0.500. The third kappa shape index (κ3) is 4.59. The molecule has 2 heteroatoms. The van der Waals surface area contributed by atoms with Gasteiger partial charge in [0.1, 0.15) is 0 Å². The van der Waals surface area contributed by atoms with Crippen LogP contribution in [0.15, 0.2) is 41.5 Å². The van der Waals surface area contributed by atoms with Gasteiger partial charge < -0.3 is 4.74 Å². The van der Waals surface area contributed by atoms with Crippen LogP contribution in [0.25, 0.3) is 6.08 Å². The van der Waals surface area contributed by atoms with Crippen molar-refractivity contribution in [2.75, 3.05) is 7.11 Å². The van der Waals surface area contributed by atoms with Crippen molar-refractivity contribution in [2.24, 2.45) is 11.3 Å². The maximum absolute atomic E-state index is 11.6. The number of carbonyl (C=O) groups is 1. The first kappa shape index (κ1) is 18.5. The van der Waals surface area contributed by atoms with E-state index in [1.807, 2.05) is 6.92 Å². The zero-order valence-electron chi connectivity index (χ0n) is 15.7. The summed E-state index contributed by atoms with van der Waals surface area (Å²) in [5.74, 6) is -0.267. The second kappa shape index (κ2) is 7.83. The molecule has 0 fully saturated rings. The molecule has 24 heavy (non-hydrogen) atoms. The largest absolute Gasteiger partial charge is 0.469 e. The predicted molar refractivity (Wildman–Crippen MR) is 101 cm³/mol. The monoisotopic (exact) mass is 326 g/mol. The van der Waals surface area contributed by atoms with Crippen LogP contribution in [0.4, 0.5) is 0 Å². The molecule has 0 amide bonds. The molecule has 0 heterocycles. The normalized spacial score (nSPS) is 18.7. The van der Waals surface area contributed by atoms with Crippen molar-refractivity contribution in [3.63, 3.8) is 0 Å². The minimum Gasteiger partial charge on any atom is -0.469 e. The van der Waals surface area contributed by atoms with Crippen LogP contribution >= 0.6 is 0 Å². The van der Waals surface area contributed by atoms with Crippen LogP contribution in [0.3, 0.4) is 0 Å². The number of rotatable bonds is 5. The summed E-state index contributed by atoms with van der Waals surface area (Å²) in [6, 6.07) is 8.42. The number of hydrogen-bond donors (Lipinski definition) is 0. The van der Waals surface area contributed by atoms with Gasteiger partial charge in [0.15, 0.2) is 0 Å². The van der Waals surface area contributed by atoms with E-state index in [1.54, 1.807) is 0 Å². The molecule has 0 aliphatic heterocycles. The number of ether oxygens (including phenoxy) is 1. The summed E-state index contributed by atoms with van der Waals surface area (Å²) in [6.45, 7) is 8.84. The highest BCUT2D eigenvalue weighted by Gasteiger charge is 2.26. The summed E-state index contributed by atoms with van der Waals surface area (Å²) < 4.78 is 4.82. The van der Waals surface area contributed by atoms with Crippen molar-refractivity contribution in [2.45, 2.75) is 53.4 Å². The summed E-state index contributed by atoms with van der Waals surface area (Å²) in [5.41, 5.74) is 5.60. The second-order valence-corrected chi connectivity index (χ2v) is 7.64. The van der Waals surface area contributed by atoms with Gasteiger partial charge in [-0.25, -0.2) is 0 Å². The highest BCUT2D eigenvalue weighted by atomic mass is 16.5. The molecular weight excluding hydrogens is 296 g/mol. The van der Waals surface area contributed by atoms with Crippen LogP contribution in [0.2, 0.25) is 0 Å². The Kier molecular flexibility index (Phi) is 6.04. The first-order valence-corrected chi connectivity index (χ1v) is 8.88. The lowest BCUT2D eigenvalue weighted by molar-refractivity contribution is -0.144. The van der Waals surface area contributed by atoms with Gasteiger partial charge in [-0.2, -0.15) is 0 Å². The Morgan fingerprint density at radius 1 is 1.33 bits per heavy atom. The van der Waals surface area contributed by atoms with E-state index in [0.29, 0.717) is 6.42 Å². The van der Waals surface area contributed by atoms with E-state index in [4.69, 9.17) is 4.74 Å². The zero-order chi connectivity index (χ0) is 17.7. The van der Waals surface area contributed by atoms with Crippen LogP contribution in [0.1, 0.15) is 58.1 Å². The third-order valence-electron chi connectivity index (χ3n) is 5.08. The van der Waals surface area contributed by atoms with Crippen molar-refractivity contribution in [1.82, 2.24) is 0 Å². The van der Waals surface area contributed by atoms with Crippen molar-refractivity contribution >= 4 is 12.0 Å². The molecule has 130 valence electrons. The van der Waals surface area contributed by atoms with Crippen molar-refractivity contribution in [3.05, 3.63) is 52.6 Å². The first-order chi connectivity index (χ1) is 11.3. The highest BCUT2D eigenvalue weighted by Crippen LogP contribution is 2.40. The van der Waals surface area contributed by atoms with E-state index < -0.39 is 0 Å². The van der Waals surface area contributed by atoms with Crippen LogP contribution in [-0.2, 0) is 16.0 Å². The molecule has 0 radical (unpaired) electrons. The van der Waals surface area contributed by atoms with Gasteiger partial charge in [-0.05, 0) is 54.7 Å². The minimum atomic E-state index is -0.152. The molecule has 0 aromatic heterocycles. The van der Waals surface area contributed by atoms with Gasteiger partial charge in [-0.3, -0.25) is 4.79 Å². The molecule has 1 aliphatic rings. The quantitative estimate of drug-likeness (QED) is 0.660. The summed E-state index contributed by atoms with van der Waals surface area (Å²) in [7, 11) is 1.44. The first-order valence-electron chi connectivity index (χ1n) is 8.88. The zero-order valence-corrected chi connectivity index (χ0v) is 15.7. The van der Waals surface area contributed by atoms with E-state index in [2.05, 4.69) is 57.2 Å². The Balaban J connectivity index is 2.16. The Hall–Kier alpha value is -1.83. The smallest absolute Gasteiger partial charge is 0.308 e.